The van der Waals surface area contributed by atoms with Gasteiger partial charge in [0.25, 0.3) is 0 Å². The molecule has 27 heavy (non-hydrogen) atoms. The number of rotatable bonds is 6. The smallest absolute Gasteiger partial charge is 0.119 e. The van der Waals surface area contributed by atoms with Gasteiger partial charge >= 0.3 is 0 Å². The zero-order valence-corrected chi connectivity index (χ0v) is 17.0. The molecule has 1 heterocycles. The zero-order chi connectivity index (χ0) is 19.4. The summed E-state index contributed by atoms with van der Waals surface area (Å²) >= 11 is 6.15. The maximum atomic E-state index is 9.14. The van der Waals surface area contributed by atoms with Crippen LogP contribution in [0, 0.1) is 30.1 Å². The second-order valence-corrected chi connectivity index (χ2v) is 8.26. The molecule has 0 radical (unpaired) electrons. The highest BCUT2D eigenvalue weighted by Crippen LogP contribution is 2.27. The van der Waals surface area contributed by atoms with Crippen molar-refractivity contribution in [1.82, 2.24) is 4.90 Å². The molecule has 0 bridgehead atoms. The number of ether oxygens (including phenoxy) is 1. The number of nitrogens with zero attached hydrogens (tertiary/aromatic N) is 2. The van der Waals surface area contributed by atoms with E-state index >= 15 is 0 Å². The van der Waals surface area contributed by atoms with Crippen LogP contribution < -0.4 is 4.74 Å². The number of halogens is 1. The van der Waals surface area contributed by atoms with Crippen LogP contribution in [-0.2, 0) is 6.42 Å². The molecule has 4 heteroatoms. The van der Waals surface area contributed by atoms with Crippen LogP contribution in [0.2, 0.25) is 5.02 Å². The van der Waals surface area contributed by atoms with Crippen molar-refractivity contribution in [3.8, 4) is 11.8 Å². The van der Waals surface area contributed by atoms with Crippen LogP contribution in [0.4, 0.5) is 0 Å². The largest absolute Gasteiger partial charge is 0.493 e. The topological polar surface area (TPSA) is 36.3 Å². The fraction of sp³-hybridized carbons (Fsp3) is 0.435. The summed E-state index contributed by atoms with van der Waals surface area (Å²) in [5.74, 6) is 2.08. The Morgan fingerprint density at radius 1 is 1.22 bits per heavy atom. The Hall–Kier alpha value is -2.02. The summed E-state index contributed by atoms with van der Waals surface area (Å²) in [6.45, 7) is 9.52. The van der Waals surface area contributed by atoms with E-state index in [1.807, 2.05) is 24.3 Å². The minimum atomic E-state index is 0.404. The average Bonchev–Trinajstić information content (AvgIpc) is 3.01. The predicted octanol–water partition coefficient (Wildman–Crippen LogP) is 5.10. The van der Waals surface area contributed by atoms with Crippen LogP contribution in [0.5, 0.6) is 5.75 Å². The molecule has 3 rings (SSSR count). The normalized spacial score (nSPS) is 21.0. The van der Waals surface area contributed by atoms with Crippen molar-refractivity contribution in [2.75, 3.05) is 19.7 Å². The predicted molar refractivity (Wildman–Crippen MR) is 110 cm³/mol. The summed E-state index contributed by atoms with van der Waals surface area (Å²) in [5.41, 5.74) is 3.00. The van der Waals surface area contributed by atoms with Crippen LogP contribution >= 0.6 is 11.6 Å². The Balaban J connectivity index is 1.56. The molecule has 3 nitrogen and oxygen atoms in total. The Morgan fingerprint density at radius 3 is 2.67 bits per heavy atom. The molecule has 0 saturated carbocycles. The molecule has 142 valence electrons. The van der Waals surface area contributed by atoms with Crippen LogP contribution in [0.3, 0.4) is 0 Å². The van der Waals surface area contributed by atoms with E-state index in [0.29, 0.717) is 28.5 Å². The molecule has 0 N–H and O–H groups in total. The minimum absolute atomic E-state index is 0.404. The molecule has 1 fully saturated rings. The molecule has 1 saturated heterocycles. The van der Waals surface area contributed by atoms with Crippen molar-refractivity contribution in [2.24, 2.45) is 11.8 Å². The monoisotopic (exact) mass is 382 g/mol. The van der Waals surface area contributed by atoms with Crippen molar-refractivity contribution in [3.63, 3.8) is 0 Å². The van der Waals surface area contributed by atoms with Gasteiger partial charge in [0.1, 0.15) is 5.75 Å². The number of likely N-dealkylation sites (tertiary alicyclic amines) is 1. The molecule has 1 unspecified atom stereocenters. The lowest BCUT2D eigenvalue weighted by molar-refractivity contribution is 0.211. The third-order valence-corrected chi connectivity index (χ3v) is 5.74. The van der Waals surface area contributed by atoms with E-state index in [0.717, 1.165) is 37.4 Å². The number of hydrogen-bond donors (Lipinski definition) is 0. The first-order chi connectivity index (χ1) is 12.9. The molecule has 0 aliphatic carbocycles. The van der Waals surface area contributed by atoms with Crippen LogP contribution in [-0.4, -0.2) is 30.6 Å². The van der Waals surface area contributed by atoms with Gasteiger partial charge in [-0.3, -0.25) is 4.90 Å². The van der Waals surface area contributed by atoms with E-state index in [-0.39, 0.29) is 0 Å². The third-order valence-electron chi connectivity index (χ3n) is 5.52. The molecule has 1 aliphatic rings. The van der Waals surface area contributed by atoms with Gasteiger partial charge < -0.3 is 4.74 Å². The Labute approximate surface area is 167 Å². The Bertz CT molecular complexity index is 812. The van der Waals surface area contributed by atoms with Crippen molar-refractivity contribution in [1.29, 1.82) is 5.26 Å². The van der Waals surface area contributed by atoms with Crippen molar-refractivity contribution in [2.45, 2.75) is 33.2 Å². The highest BCUT2D eigenvalue weighted by molar-refractivity contribution is 6.30. The molecule has 0 amide bonds. The summed E-state index contributed by atoms with van der Waals surface area (Å²) in [4.78, 5) is 2.53. The molecule has 0 spiro atoms. The van der Waals surface area contributed by atoms with Gasteiger partial charge in [-0.2, -0.15) is 5.26 Å². The molecular formula is C23H27ClN2O. The van der Waals surface area contributed by atoms with E-state index in [1.54, 1.807) is 6.07 Å². The molecule has 2 aromatic rings. The van der Waals surface area contributed by atoms with E-state index < -0.39 is 0 Å². The van der Waals surface area contributed by atoms with Crippen LogP contribution in [0.25, 0.3) is 0 Å². The van der Waals surface area contributed by atoms with Gasteiger partial charge in [0.05, 0.1) is 18.2 Å². The zero-order valence-electron chi connectivity index (χ0n) is 16.3. The van der Waals surface area contributed by atoms with Crippen molar-refractivity contribution in [3.05, 3.63) is 64.2 Å². The van der Waals surface area contributed by atoms with Crippen LogP contribution in [0.15, 0.2) is 42.5 Å². The molecule has 3 atom stereocenters. The van der Waals surface area contributed by atoms with E-state index in [1.165, 1.54) is 5.56 Å². The van der Waals surface area contributed by atoms with Gasteiger partial charge in [-0.15, -0.1) is 0 Å². The van der Waals surface area contributed by atoms with Crippen molar-refractivity contribution >= 4 is 11.6 Å². The van der Waals surface area contributed by atoms with E-state index in [2.05, 4.69) is 43.9 Å². The number of hydrogen-bond acceptors (Lipinski definition) is 3. The lowest BCUT2D eigenvalue weighted by Crippen LogP contribution is -2.33. The second kappa shape index (κ2) is 8.78. The number of aryl methyl sites for hydroxylation is 1. The molecule has 0 aromatic heterocycles. The first kappa shape index (κ1) is 19.7. The van der Waals surface area contributed by atoms with Gasteiger partial charge in [-0.25, -0.2) is 0 Å². The quantitative estimate of drug-likeness (QED) is 0.697. The number of nitriles is 1. The molecule has 1 aliphatic heterocycles. The second-order valence-electron chi connectivity index (χ2n) is 7.83. The summed E-state index contributed by atoms with van der Waals surface area (Å²) in [6.07, 6.45) is 0.896. The first-order valence-corrected chi connectivity index (χ1v) is 9.95. The maximum Gasteiger partial charge on any atom is 0.119 e. The fourth-order valence-corrected chi connectivity index (χ4v) is 4.05. The third kappa shape index (κ3) is 5.25. The fourth-order valence-electron chi connectivity index (χ4n) is 3.79. The first-order valence-electron chi connectivity index (χ1n) is 9.57. The minimum Gasteiger partial charge on any atom is -0.493 e. The summed E-state index contributed by atoms with van der Waals surface area (Å²) < 4.78 is 6.03. The van der Waals surface area contributed by atoms with Crippen molar-refractivity contribution < 1.29 is 4.74 Å². The Kier molecular flexibility index (Phi) is 6.42. The molecular weight excluding hydrogens is 356 g/mol. The Morgan fingerprint density at radius 2 is 1.96 bits per heavy atom. The SMILES string of the molecule is Cc1ccc(OC[C@@H]2CN(C(C)Cc3cc(Cl)cc(C#N)c3)C[C@H]2C)cc1. The standard InChI is InChI=1S/C23H27ClN2O/c1-16-4-6-23(7-5-16)27-15-21-14-26(13-17(21)2)18(3)8-19-9-20(12-25)11-22(24)10-19/h4-7,9-11,17-18,21H,8,13-15H2,1-3H3/t17-,18?,21+/m1/s1. The van der Waals surface area contributed by atoms with Gasteiger partial charge in [0.2, 0.25) is 0 Å². The van der Waals surface area contributed by atoms with Crippen LogP contribution in [0.1, 0.15) is 30.5 Å². The van der Waals surface area contributed by atoms with E-state index in [4.69, 9.17) is 21.6 Å². The van der Waals surface area contributed by atoms with Gasteiger partial charge in [-0.1, -0.05) is 36.2 Å². The van der Waals surface area contributed by atoms with Gasteiger partial charge in [0, 0.05) is 30.1 Å². The lowest BCUT2D eigenvalue weighted by atomic mass is 9.99. The van der Waals surface area contributed by atoms with Gasteiger partial charge in [-0.05, 0) is 62.1 Å². The average molecular weight is 383 g/mol. The van der Waals surface area contributed by atoms with Gasteiger partial charge in [0.15, 0.2) is 0 Å². The highest BCUT2D eigenvalue weighted by atomic mass is 35.5. The molecule has 2 aromatic carbocycles. The summed E-state index contributed by atoms with van der Waals surface area (Å²) in [5, 5.41) is 9.77. The highest BCUT2D eigenvalue weighted by Gasteiger charge is 2.32. The number of benzene rings is 2. The summed E-state index contributed by atoms with van der Waals surface area (Å²) in [6, 6.07) is 16.5. The maximum absolute atomic E-state index is 9.14. The summed E-state index contributed by atoms with van der Waals surface area (Å²) in [7, 11) is 0. The lowest BCUT2D eigenvalue weighted by Gasteiger charge is -2.24. The van der Waals surface area contributed by atoms with E-state index in [9.17, 15) is 0 Å².